The number of aromatic nitrogens is 1. The molecule has 3 amide bonds. The number of carbonyl (C=O) groups is 3. The number of hydrogen-bond acceptors (Lipinski definition) is 7. The van der Waals surface area contributed by atoms with Crippen molar-refractivity contribution in [1.82, 2.24) is 9.88 Å². The maximum absolute atomic E-state index is 13.9. The molecule has 0 radical (unpaired) electrons. The second kappa shape index (κ2) is 12.8. The Labute approximate surface area is 238 Å². The summed E-state index contributed by atoms with van der Waals surface area (Å²) < 4.78 is 18.6. The minimum absolute atomic E-state index is 0.0576. The van der Waals surface area contributed by atoms with E-state index in [-0.39, 0.29) is 29.6 Å². The van der Waals surface area contributed by atoms with Gasteiger partial charge in [0.25, 0.3) is 0 Å². The van der Waals surface area contributed by atoms with Crippen molar-refractivity contribution >= 4 is 50.3 Å². The fraction of sp³-hybridized carbons (Fsp3) is 0.655. The molecule has 4 N–H and O–H groups in total. The number of fused-ring (bicyclic) bond motifs is 1. The van der Waals surface area contributed by atoms with Gasteiger partial charge in [0.1, 0.15) is 12.7 Å². The normalized spacial score (nSPS) is 26.4. The van der Waals surface area contributed by atoms with E-state index in [0.717, 1.165) is 36.8 Å². The number of benzene rings is 1. The molecule has 40 heavy (non-hydrogen) atoms. The predicted octanol–water partition coefficient (Wildman–Crippen LogP) is 5.31. The fourth-order valence-electron chi connectivity index (χ4n) is 7.02. The summed E-state index contributed by atoms with van der Waals surface area (Å²) in [6.45, 7) is 0.0651. The van der Waals surface area contributed by atoms with Crippen LogP contribution in [-0.2, 0) is 14.3 Å². The van der Waals surface area contributed by atoms with E-state index < -0.39 is 24.9 Å². The highest BCUT2D eigenvalue weighted by Gasteiger charge is 2.47. The lowest BCUT2D eigenvalue weighted by molar-refractivity contribution is -0.142. The Bertz CT molecular complexity index is 1210. The quantitative estimate of drug-likeness (QED) is 0.412. The zero-order chi connectivity index (χ0) is 28.2. The Balaban J connectivity index is 1.32. The summed E-state index contributed by atoms with van der Waals surface area (Å²) in [7, 11) is 1.29. The van der Waals surface area contributed by atoms with Crippen LogP contribution in [-0.4, -0.2) is 60.2 Å². The van der Waals surface area contributed by atoms with E-state index in [1.807, 2.05) is 11.0 Å². The van der Waals surface area contributed by atoms with Crippen LogP contribution >= 0.6 is 11.3 Å². The molecule has 2 saturated carbocycles. The van der Waals surface area contributed by atoms with E-state index in [0.29, 0.717) is 41.6 Å². The molecule has 0 bridgehead atoms. The van der Waals surface area contributed by atoms with Crippen molar-refractivity contribution in [2.24, 2.45) is 29.4 Å². The van der Waals surface area contributed by atoms with Gasteiger partial charge in [0, 0.05) is 24.2 Å². The number of nitrogens with zero attached hydrogens (tertiary/aromatic N) is 2. The molecular formula is C29H40FN5O4S. The number of amides is 3. The number of thiazole rings is 1. The number of anilines is 2. The van der Waals surface area contributed by atoms with Crippen molar-refractivity contribution in [1.29, 1.82) is 0 Å². The lowest BCUT2D eigenvalue weighted by atomic mass is 9.76. The highest BCUT2D eigenvalue weighted by Crippen LogP contribution is 2.41. The first-order chi connectivity index (χ1) is 19.4. The largest absolute Gasteiger partial charge is 0.453 e. The smallest absolute Gasteiger partial charge is 0.413 e. The first kappa shape index (κ1) is 28.7. The zero-order valence-corrected chi connectivity index (χ0v) is 23.9. The van der Waals surface area contributed by atoms with Crippen LogP contribution < -0.4 is 16.4 Å². The molecule has 3 aliphatic rings. The highest BCUT2D eigenvalue weighted by atomic mass is 32.1. The number of likely N-dealkylation sites (tertiary alicyclic amines) is 1. The molecule has 0 unspecified atom stereocenters. The molecule has 5 rings (SSSR count). The molecule has 1 aromatic carbocycles. The van der Waals surface area contributed by atoms with E-state index in [1.165, 1.54) is 37.7 Å². The summed E-state index contributed by atoms with van der Waals surface area (Å²) in [5.41, 5.74) is 7.28. The third-order valence-corrected chi connectivity index (χ3v) is 10.1. The van der Waals surface area contributed by atoms with Crippen molar-refractivity contribution in [2.75, 3.05) is 31.0 Å². The Morgan fingerprint density at radius 3 is 2.55 bits per heavy atom. The molecule has 2 aromatic rings. The molecule has 0 spiro atoms. The lowest BCUT2D eigenvalue weighted by Crippen LogP contribution is -2.50. The van der Waals surface area contributed by atoms with Crippen LogP contribution in [0.4, 0.5) is 20.0 Å². The van der Waals surface area contributed by atoms with Crippen LogP contribution in [0.2, 0.25) is 0 Å². The molecule has 1 aromatic heterocycles. The van der Waals surface area contributed by atoms with Crippen molar-refractivity contribution in [3.8, 4) is 0 Å². The number of nitrogens with two attached hydrogens (primary N) is 1. The predicted molar refractivity (Wildman–Crippen MR) is 154 cm³/mol. The maximum atomic E-state index is 13.9. The van der Waals surface area contributed by atoms with Crippen LogP contribution in [0.15, 0.2) is 18.2 Å². The molecule has 1 aliphatic heterocycles. The molecule has 3 atom stereocenters. The third-order valence-electron chi connectivity index (χ3n) is 9.21. The Hall–Kier alpha value is -2.79. The summed E-state index contributed by atoms with van der Waals surface area (Å²) in [5.74, 6) is 0.470. The number of nitrogens with one attached hydrogen (secondary N) is 2. The van der Waals surface area contributed by atoms with Gasteiger partial charge in [-0.3, -0.25) is 14.9 Å². The molecular weight excluding hydrogens is 533 g/mol. The van der Waals surface area contributed by atoms with Gasteiger partial charge < -0.3 is 20.7 Å². The molecule has 2 heterocycles. The lowest BCUT2D eigenvalue weighted by Gasteiger charge is -2.36. The Morgan fingerprint density at radius 2 is 1.85 bits per heavy atom. The van der Waals surface area contributed by atoms with Gasteiger partial charge in [-0.05, 0) is 68.1 Å². The van der Waals surface area contributed by atoms with Crippen LogP contribution in [0.3, 0.4) is 0 Å². The summed E-state index contributed by atoms with van der Waals surface area (Å²) in [5, 5.41) is 6.09. The number of rotatable bonds is 7. The first-order valence-electron chi connectivity index (χ1n) is 14.6. The Morgan fingerprint density at radius 1 is 1.10 bits per heavy atom. The summed E-state index contributed by atoms with van der Waals surface area (Å²) in [6, 6.07) is 4.49. The Kier molecular flexibility index (Phi) is 9.20. The van der Waals surface area contributed by atoms with Gasteiger partial charge in [0.05, 0.1) is 17.3 Å². The van der Waals surface area contributed by atoms with Gasteiger partial charge in [-0.2, -0.15) is 0 Å². The van der Waals surface area contributed by atoms with Crippen LogP contribution in [0.1, 0.15) is 64.2 Å². The SMILES string of the molecule is COC(=O)Nc1nc2ccc(NC(=O)[C@@H]3[C@H](C4CCCCC4)CCN3C(=O)[C@H]3CC[C@H]([C@H](N)CF)CC3)cc2s1. The molecule has 11 heteroatoms. The van der Waals surface area contributed by atoms with Gasteiger partial charge in [0.2, 0.25) is 11.8 Å². The highest BCUT2D eigenvalue weighted by molar-refractivity contribution is 7.22. The van der Waals surface area contributed by atoms with Crippen LogP contribution in [0, 0.1) is 23.7 Å². The monoisotopic (exact) mass is 573 g/mol. The average molecular weight is 574 g/mol. The third kappa shape index (κ3) is 6.25. The summed E-state index contributed by atoms with van der Waals surface area (Å²) in [4.78, 5) is 45.5. The fourth-order valence-corrected chi connectivity index (χ4v) is 7.91. The molecule has 9 nitrogen and oxygen atoms in total. The standard InChI is InChI=1S/C29H40FN5O4S/c1-39-29(38)34-28-33-23-12-11-20(15-24(23)40-28)32-26(36)25-21(17-5-3-2-4-6-17)13-14-35(25)27(37)19-9-7-18(8-10-19)22(31)16-30/h11-12,15,17-19,21-22,25H,2-10,13-14,16,31H2,1H3,(H,32,36)(H,33,34,38)/t18-,19-,21-,22+,25-/m0/s1. The van der Waals surface area contributed by atoms with Gasteiger partial charge in [0.15, 0.2) is 5.13 Å². The zero-order valence-electron chi connectivity index (χ0n) is 23.1. The van der Waals surface area contributed by atoms with E-state index >= 15 is 0 Å². The number of methoxy groups -OCH3 is 1. The molecule has 2 aliphatic carbocycles. The van der Waals surface area contributed by atoms with Crippen molar-refractivity contribution in [3.05, 3.63) is 18.2 Å². The van der Waals surface area contributed by atoms with E-state index in [1.54, 1.807) is 12.1 Å². The van der Waals surface area contributed by atoms with Crippen molar-refractivity contribution in [2.45, 2.75) is 76.3 Å². The summed E-state index contributed by atoms with van der Waals surface area (Å²) in [6.07, 6.45) is 8.92. The topological polar surface area (TPSA) is 127 Å². The maximum Gasteiger partial charge on any atom is 0.413 e. The molecule has 218 valence electrons. The van der Waals surface area contributed by atoms with E-state index in [2.05, 4.69) is 20.4 Å². The molecule has 3 fully saturated rings. The van der Waals surface area contributed by atoms with E-state index in [9.17, 15) is 18.8 Å². The van der Waals surface area contributed by atoms with Gasteiger partial charge in [-0.15, -0.1) is 0 Å². The van der Waals surface area contributed by atoms with Gasteiger partial charge in [-0.1, -0.05) is 43.4 Å². The number of ether oxygens (including phenoxy) is 1. The second-order valence-electron chi connectivity index (χ2n) is 11.6. The van der Waals surface area contributed by atoms with E-state index in [4.69, 9.17) is 5.73 Å². The number of alkyl halides is 1. The number of hydrogen-bond donors (Lipinski definition) is 3. The second-order valence-corrected chi connectivity index (χ2v) is 12.6. The minimum atomic E-state index is -0.592. The van der Waals surface area contributed by atoms with Crippen LogP contribution in [0.25, 0.3) is 10.2 Å². The molecule has 1 saturated heterocycles. The van der Waals surface area contributed by atoms with Crippen molar-refractivity contribution < 1.29 is 23.5 Å². The average Bonchev–Trinajstić information content (AvgIpc) is 3.61. The number of carbonyl (C=O) groups excluding carboxylic acids is 3. The summed E-state index contributed by atoms with van der Waals surface area (Å²) >= 11 is 1.29. The van der Waals surface area contributed by atoms with Crippen LogP contribution in [0.5, 0.6) is 0 Å². The minimum Gasteiger partial charge on any atom is -0.453 e. The number of halogens is 1. The van der Waals surface area contributed by atoms with Crippen molar-refractivity contribution in [3.63, 3.8) is 0 Å². The van der Waals surface area contributed by atoms with Gasteiger partial charge in [-0.25, -0.2) is 14.2 Å². The van der Waals surface area contributed by atoms with Gasteiger partial charge >= 0.3 is 6.09 Å². The first-order valence-corrected chi connectivity index (χ1v) is 15.4.